The van der Waals surface area contributed by atoms with Gasteiger partial charge in [-0.15, -0.1) is 0 Å². The summed E-state index contributed by atoms with van der Waals surface area (Å²) in [6, 6.07) is 1.08. The number of benzene rings is 1. The zero-order valence-electron chi connectivity index (χ0n) is 9.14. The van der Waals surface area contributed by atoms with Gasteiger partial charge >= 0.3 is 0 Å². The van der Waals surface area contributed by atoms with Crippen LogP contribution in [0.25, 0.3) is 0 Å². The number of halogens is 3. The van der Waals surface area contributed by atoms with Crippen molar-refractivity contribution >= 4 is 11.6 Å². The summed E-state index contributed by atoms with van der Waals surface area (Å²) in [5.74, 6) is -4.27. The lowest BCUT2D eigenvalue weighted by atomic mass is 10.2. The smallest absolute Gasteiger partial charge is 0.224 e. The van der Waals surface area contributed by atoms with Gasteiger partial charge in [0, 0.05) is 18.6 Å². The summed E-state index contributed by atoms with van der Waals surface area (Å²) in [6.07, 6.45) is -0.546. The fourth-order valence-electron chi connectivity index (χ4n) is 1.20. The first-order valence-electron chi connectivity index (χ1n) is 5.02. The summed E-state index contributed by atoms with van der Waals surface area (Å²) >= 11 is 0. The van der Waals surface area contributed by atoms with Crippen molar-refractivity contribution in [1.29, 1.82) is 0 Å². The molecule has 1 rings (SSSR count). The largest absolute Gasteiger partial charge is 0.393 e. The maximum absolute atomic E-state index is 13.1. The van der Waals surface area contributed by atoms with E-state index in [1.165, 1.54) is 6.92 Å². The highest BCUT2D eigenvalue weighted by molar-refractivity contribution is 5.90. The van der Waals surface area contributed by atoms with E-state index in [0.29, 0.717) is 12.1 Å². The molecule has 0 bridgehead atoms. The molecule has 0 aromatic heterocycles. The topological polar surface area (TPSA) is 49.3 Å². The maximum atomic E-state index is 13.1. The number of amides is 1. The molecule has 0 aliphatic heterocycles. The molecule has 3 nitrogen and oxygen atoms in total. The van der Waals surface area contributed by atoms with Crippen molar-refractivity contribution in [2.45, 2.75) is 25.9 Å². The van der Waals surface area contributed by atoms with Gasteiger partial charge in [0.05, 0.1) is 11.8 Å². The van der Waals surface area contributed by atoms with Gasteiger partial charge in [-0.2, -0.15) is 0 Å². The van der Waals surface area contributed by atoms with E-state index in [0.717, 1.165) is 0 Å². The summed E-state index contributed by atoms with van der Waals surface area (Å²) in [5, 5.41) is 11.0. The van der Waals surface area contributed by atoms with Crippen LogP contribution in [0.2, 0.25) is 0 Å². The molecule has 94 valence electrons. The summed E-state index contributed by atoms with van der Waals surface area (Å²) in [7, 11) is 0. The minimum absolute atomic E-state index is 0.0603. The molecule has 0 fully saturated rings. The van der Waals surface area contributed by atoms with Crippen LogP contribution in [0.3, 0.4) is 0 Å². The van der Waals surface area contributed by atoms with Gasteiger partial charge in [-0.25, -0.2) is 13.2 Å². The molecule has 0 aliphatic rings. The van der Waals surface area contributed by atoms with Crippen molar-refractivity contribution in [3.63, 3.8) is 0 Å². The lowest BCUT2D eigenvalue weighted by Crippen LogP contribution is -2.15. The molecular formula is C11H12F3NO2. The van der Waals surface area contributed by atoms with Crippen LogP contribution in [0.1, 0.15) is 19.8 Å². The third-order valence-electron chi connectivity index (χ3n) is 2.06. The van der Waals surface area contributed by atoms with E-state index in [-0.39, 0.29) is 12.8 Å². The molecule has 17 heavy (non-hydrogen) atoms. The van der Waals surface area contributed by atoms with Crippen molar-refractivity contribution < 1.29 is 23.1 Å². The van der Waals surface area contributed by atoms with Crippen molar-refractivity contribution in [3.05, 3.63) is 29.6 Å². The summed E-state index contributed by atoms with van der Waals surface area (Å²) in [5.41, 5.74) is -0.543. The number of carbonyl (C=O) groups is 1. The molecule has 0 saturated carbocycles. The first-order valence-corrected chi connectivity index (χ1v) is 5.02. The fourth-order valence-corrected chi connectivity index (χ4v) is 1.20. The first kappa shape index (κ1) is 13.5. The van der Waals surface area contributed by atoms with E-state index in [2.05, 4.69) is 0 Å². The number of anilines is 1. The zero-order valence-corrected chi connectivity index (χ0v) is 9.14. The Morgan fingerprint density at radius 3 is 2.65 bits per heavy atom. The van der Waals surface area contributed by atoms with Crippen LogP contribution in [-0.4, -0.2) is 17.1 Å². The van der Waals surface area contributed by atoms with E-state index in [1.54, 1.807) is 0 Å². The second-order valence-corrected chi connectivity index (χ2v) is 3.69. The average molecular weight is 247 g/mol. The van der Waals surface area contributed by atoms with Crippen molar-refractivity contribution in [2.75, 3.05) is 5.32 Å². The quantitative estimate of drug-likeness (QED) is 0.801. The van der Waals surface area contributed by atoms with E-state index < -0.39 is 35.2 Å². The SMILES string of the molecule is CC(O)CCC(=O)Nc1cc(F)cc(F)c1F. The van der Waals surface area contributed by atoms with Crippen LogP contribution < -0.4 is 5.32 Å². The molecule has 1 aromatic rings. The second-order valence-electron chi connectivity index (χ2n) is 3.69. The Bertz CT molecular complexity index is 421. The van der Waals surface area contributed by atoms with E-state index in [4.69, 9.17) is 5.11 Å². The summed E-state index contributed by atoms with van der Waals surface area (Å²) in [4.78, 5) is 11.3. The Morgan fingerprint density at radius 2 is 2.06 bits per heavy atom. The number of aliphatic hydroxyl groups excluding tert-OH is 1. The van der Waals surface area contributed by atoms with Gasteiger partial charge in [-0.05, 0) is 13.3 Å². The zero-order chi connectivity index (χ0) is 13.0. The lowest BCUT2D eigenvalue weighted by molar-refractivity contribution is -0.116. The molecule has 1 unspecified atom stereocenters. The highest BCUT2D eigenvalue weighted by Gasteiger charge is 2.13. The number of rotatable bonds is 4. The van der Waals surface area contributed by atoms with Crippen molar-refractivity contribution in [1.82, 2.24) is 0 Å². The molecule has 1 amide bonds. The van der Waals surface area contributed by atoms with Crippen LogP contribution in [0.4, 0.5) is 18.9 Å². The van der Waals surface area contributed by atoms with Gasteiger partial charge in [0.2, 0.25) is 5.91 Å². The predicted molar refractivity (Wildman–Crippen MR) is 55.9 cm³/mol. The normalized spacial score (nSPS) is 12.3. The Kier molecular flexibility index (Phi) is 4.51. The molecular weight excluding hydrogens is 235 g/mol. The van der Waals surface area contributed by atoms with Crippen LogP contribution in [0.5, 0.6) is 0 Å². The number of hydrogen-bond donors (Lipinski definition) is 2. The van der Waals surface area contributed by atoms with Crippen LogP contribution in [0, 0.1) is 17.5 Å². The van der Waals surface area contributed by atoms with Gasteiger partial charge < -0.3 is 10.4 Å². The fraction of sp³-hybridized carbons (Fsp3) is 0.364. The number of aliphatic hydroxyl groups is 1. The number of hydrogen-bond acceptors (Lipinski definition) is 2. The molecule has 0 heterocycles. The first-order chi connectivity index (χ1) is 7.90. The second kappa shape index (κ2) is 5.67. The van der Waals surface area contributed by atoms with Crippen molar-refractivity contribution in [3.8, 4) is 0 Å². The Hall–Kier alpha value is -1.56. The third kappa shape index (κ3) is 4.07. The number of carbonyl (C=O) groups excluding carboxylic acids is 1. The average Bonchev–Trinajstić information content (AvgIpc) is 2.22. The molecule has 0 radical (unpaired) electrons. The molecule has 2 N–H and O–H groups in total. The highest BCUT2D eigenvalue weighted by Crippen LogP contribution is 2.19. The van der Waals surface area contributed by atoms with Gasteiger partial charge in [0.1, 0.15) is 5.82 Å². The van der Waals surface area contributed by atoms with E-state index in [9.17, 15) is 18.0 Å². The maximum Gasteiger partial charge on any atom is 0.224 e. The monoisotopic (exact) mass is 247 g/mol. The van der Waals surface area contributed by atoms with Crippen LogP contribution in [0.15, 0.2) is 12.1 Å². The highest BCUT2D eigenvalue weighted by atomic mass is 19.2. The molecule has 0 aliphatic carbocycles. The Morgan fingerprint density at radius 1 is 1.41 bits per heavy atom. The summed E-state index contributed by atoms with van der Waals surface area (Å²) in [6.45, 7) is 1.50. The molecule has 0 saturated heterocycles. The molecule has 1 aromatic carbocycles. The minimum Gasteiger partial charge on any atom is -0.393 e. The Labute approximate surface area is 96.3 Å². The van der Waals surface area contributed by atoms with Crippen LogP contribution >= 0.6 is 0 Å². The molecule has 6 heteroatoms. The predicted octanol–water partition coefficient (Wildman–Crippen LogP) is 2.20. The van der Waals surface area contributed by atoms with Gasteiger partial charge in [-0.3, -0.25) is 4.79 Å². The Balaban J connectivity index is 2.71. The van der Waals surface area contributed by atoms with Crippen molar-refractivity contribution in [2.24, 2.45) is 0 Å². The standard InChI is InChI=1S/C11H12F3NO2/c1-6(16)2-3-10(17)15-9-5-7(12)4-8(13)11(9)14/h4-6,16H,2-3H2,1H3,(H,15,17). The lowest BCUT2D eigenvalue weighted by Gasteiger charge is -2.08. The van der Waals surface area contributed by atoms with E-state index in [1.807, 2.05) is 5.32 Å². The van der Waals surface area contributed by atoms with Gasteiger partial charge in [0.15, 0.2) is 11.6 Å². The third-order valence-corrected chi connectivity index (χ3v) is 2.06. The van der Waals surface area contributed by atoms with E-state index >= 15 is 0 Å². The van der Waals surface area contributed by atoms with Crippen LogP contribution in [-0.2, 0) is 4.79 Å². The summed E-state index contributed by atoms with van der Waals surface area (Å²) < 4.78 is 38.7. The molecule has 0 spiro atoms. The molecule has 1 atom stereocenters. The van der Waals surface area contributed by atoms with Gasteiger partial charge in [0.25, 0.3) is 0 Å². The minimum atomic E-state index is -1.36. The van der Waals surface area contributed by atoms with Gasteiger partial charge in [-0.1, -0.05) is 0 Å². The number of nitrogens with one attached hydrogen (secondary N) is 1.